The van der Waals surface area contributed by atoms with Crippen molar-refractivity contribution in [2.75, 3.05) is 6.54 Å². The van der Waals surface area contributed by atoms with E-state index in [1.165, 1.54) is 39.9 Å². The zero-order valence-electron chi connectivity index (χ0n) is 11.5. The number of sulfonamides is 1. The first-order chi connectivity index (χ1) is 9.95. The molecule has 0 saturated heterocycles. The van der Waals surface area contributed by atoms with Gasteiger partial charge in [0.05, 0.1) is 4.90 Å². The number of amides is 1. The Hall–Kier alpha value is -1.70. The zero-order chi connectivity index (χ0) is 15.5. The second-order valence-corrected chi connectivity index (χ2v) is 7.37. The van der Waals surface area contributed by atoms with Crippen LogP contribution < -0.4 is 5.73 Å². The van der Waals surface area contributed by atoms with E-state index in [-0.39, 0.29) is 10.5 Å². The number of benzene rings is 1. The van der Waals surface area contributed by atoms with Gasteiger partial charge in [0.25, 0.3) is 0 Å². The number of carbonyl (C=O) groups excluding carboxylic acids is 1. The fourth-order valence-corrected chi connectivity index (χ4v) is 4.11. The molecule has 2 aromatic rings. The Morgan fingerprint density at radius 1 is 1.24 bits per heavy atom. The molecule has 1 aromatic carbocycles. The van der Waals surface area contributed by atoms with Gasteiger partial charge in [-0.05, 0) is 35.7 Å². The molecule has 1 aromatic heterocycles. The van der Waals surface area contributed by atoms with Crippen LogP contribution in [0.2, 0.25) is 0 Å². The summed E-state index contributed by atoms with van der Waals surface area (Å²) in [7, 11) is -3.58. The number of carbonyl (C=O) groups is 1. The maximum atomic E-state index is 12.6. The van der Waals surface area contributed by atoms with Crippen LogP contribution in [0, 0.1) is 0 Å². The van der Waals surface area contributed by atoms with Crippen LogP contribution in [0.4, 0.5) is 0 Å². The van der Waals surface area contributed by atoms with Crippen molar-refractivity contribution in [1.29, 1.82) is 0 Å². The Bertz CT molecular complexity index is 707. The molecule has 0 bridgehead atoms. The van der Waals surface area contributed by atoms with E-state index < -0.39 is 15.9 Å². The van der Waals surface area contributed by atoms with Crippen LogP contribution in [-0.2, 0) is 16.6 Å². The van der Waals surface area contributed by atoms with E-state index in [9.17, 15) is 13.2 Å². The molecule has 0 saturated carbocycles. The molecular formula is C14H16N2O3S2. The van der Waals surface area contributed by atoms with Crippen LogP contribution in [0.15, 0.2) is 46.7 Å². The average Bonchev–Trinajstić information content (AvgIpc) is 2.97. The SMILES string of the molecule is CCN(Cc1cccs1)S(=O)(=O)c1ccc(C(N)=O)cc1. The third-order valence-corrected chi connectivity index (χ3v) is 5.84. The average molecular weight is 324 g/mol. The van der Waals surface area contributed by atoms with Crippen molar-refractivity contribution < 1.29 is 13.2 Å². The van der Waals surface area contributed by atoms with Gasteiger partial charge < -0.3 is 5.73 Å². The van der Waals surface area contributed by atoms with Gasteiger partial charge >= 0.3 is 0 Å². The molecule has 5 nitrogen and oxygen atoms in total. The summed E-state index contributed by atoms with van der Waals surface area (Å²) >= 11 is 1.52. The van der Waals surface area contributed by atoms with Crippen molar-refractivity contribution >= 4 is 27.3 Å². The van der Waals surface area contributed by atoms with Crippen molar-refractivity contribution in [3.8, 4) is 0 Å². The Morgan fingerprint density at radius 2 is 1.90 bits per heavy atom. The van der Waals surface area contributed by atoms with Crippen LogP contribution in [0.1, 0.15) is 22.2 Å². The van der Waals surface area contributed by atoms with Crippen molar-refractivity contribution in [3.63, 3.8) is 0 Å². The van der Waals surface area contributed by atoms with Crippen LogP contribution in [0.3, 0.4) is 0 Å². The molecule has 1 heterocycles. The molecule has 2 rings (SSSR count). The second kappa shape index (κ2) is 6.38. The molecular weight excluding hydrogens is 308 g/mol. The summed E-state index contributed by atoms with van der Waals surface area (Å²) in [6, 6.07) is 9.46. The molecule has 0 atom stereocenters. The quantitative estimate of drug-likeness (QED) is 0.883. The van der Waals surface area contributed by atoms with Gasteiger partial charge in [-0.3, -0.25) is 4.79 Å². The molecule has 0 aliphatic carbocycles. The molecule has 112 valence electrons. The van der Waals surface area contributed by atoms with E-state index >= 15 is 0 Å². The van der Waals surface area contributed by atoms with Crippen molar-refractivity contribution in [1.82, 2.24) is 4.31 Å². The maximum absolute atomic E-state index is 12.6. The Morgan fingerprint density at radius 3 is 2.38 bits per heavy atom. The van der Waals surface area contributed by atoms with Gasteiger partial charge in [0.15, 0.2) is 0 Å². The van der Waals surface area contributed by atoms with Gasteiger partial charge in [0, 0.05) is 23.5 Å². The van der Waals surface area contributed by atoms with E-state index in [4.69, 9.17) is 5.73 Å². The summed E-state index contributed by atoms with van der Waals surface area (Å²) in [4.78, 5) is 12.2. The van der Waals surface area contributed by atoms with Crippen molar-refractivity contribution in [3.05, 3.63) is 52.2 Å². The highest BCUT2D eigenvalue weighted by Gasteiger charge is 2.23. The van der Waals surface area contributed by atoms with E-state index in [0.717, 1.165) is 4.88 Å². The highest BCUT2D eigenvalue weighted by molar-refractivity contribution is 7.89. The van der Waals surface area contributed by atoms with Crippen molar-refractivity contribution in [2.45, 2.75) is 18.4 Å². The monoisotopic (exact) mass is 324 g/mol. The Kier molecular flexibility index (Phi) is 4.76. The van der Waals surface area contributed by atoms with Gasteiger partial charge in [-0.1, -0.05) is 13.0 Å². The lowest BCUT2D eigenvalue weighted by Crippen LogP contribution is -2.30. The predicted molar refractivity (Wildman–Crippen MR) is 82.5 cm³/mol. The summed E-state index contributed by atoms with van der Waals surface area (Å²) in [5, 5.41) is 1.91. The topological polar surface area (TPSA) is 80.5 Å². The molecule has 0 radical (unpaired) electrons. The first-order valence-electron chi connectivity index (χ1n) is 6.37. The van der Waals surface area contributed by atoms with E-state index in [0.29, 0.717) is 13.1 Å². The Labute approximate surface area is 128 Å². The number of nitrogens with two attached hydrogens (primary N) is 1. The maximum Gasteiger partial charge on any atom is 0.248 e. The van der Waals surface area contributed by atoms with Gasteiger partial charge in [-0.25, -0.2) is 8.42 Å². The fraction of sp³-hybridized carbons (Fsp3) is 0.214. The van der Waals surface area contributed by atoms with Gasteiger partial charge in [0.2, 0.25) is 15.9 Å². The first kappa shape index (κ1) is 15.7. The molecule has 1 amide bonds. The number of hydrogen-bond acceptors (Lipinski definition) is 4. The minimum absolute atomic E-state index is 0.158. The molecule has 0 unspecified atom stereocenters. The molecule has 7 heteroatoms. The Balaban J connectivity index is 2.28. The number of hydrogen-bond donors (Lipinski definition) is 1. The summed E-state index contributed by atoms with van der Waals surface area (Å²) in [6.07, 6.45) is 0. The van der Waals surface area contributed by atoms with Crippen molar-refractivity contribution in [2.24, 2.45) is 5.73 Å². The van der Waals surface area contributed by atoms with Gasteiger partial charge in [-0.2, -0.15) is 4.31 Å². The van der Waals surface area contributed by atoms with E-state index in [2.05, 4.69) is 0 Å². The third kappa shape index (κ3) is 3.49. The summed E-state index contributed by atoms with van der Waals surface area (Å²) in [5.74, 6) is -0.579. The molecule has 0 aliphatic heterocycles. The van der Waals surface area contributed by atoms with E-state index in [1.807, 2.05) is 17.5 Å². The lowest BCUT2D eigenvalue weighted by molar-refractivity contribution is 0.1000. The third-order valence-electron chi connectivity index (χ3n) is 3.04. The summed E-state index contributed by atoms with van der Waals surface area (Å²) in [6.45, 7) is 2.51. The summed E-state index contributed by atoms with van der Waals surface area (Å²) in [5.41, 5.74) is 5.44. The van der Waals surface area contributed by atoms with Gasteiger partial charge in [-0.15, -0.1) is 11.3 Å². The number of nitrogens with zero attached hydrogens (tertiary/aromatic N) is 1. The van der Waals surface area contributed by atoms with E-state index in [1.54, 1.807) is 6.92 Å². The summed E-state index contributed by atoms with van der Waals surface area (Å²) < 4.78 is 26.6. The molecule has 0 aliphatic rings. The van der Waals surface area contributed by atoms with Crippen LogP contribution >= 0.6 is 11.3 Å². The normalized spacial score (nSPS) is 11.7. The number of primary amides is 1. The first-order valence-corrected chi connectivity index (χ1v) is 8.69. The highest BCUT2D eigenvalue weighted by Crippen LogP contribution is 2.20. The zero-order valence-corrected chi connectivity index (χ0v) is 13.2. The highest BCUT2D eigenvalue weighted by atomic mass is 32.2. The molecule has 21 heavy (non-hydrogen) atoms. The fourth-order valence-electron chi connectivity index (χ4n) is 1.88. The molecule has 2 N–H and O–H groups in total. The van der Waals surface area contributed by atoms with Crippen LogP contribution in [-0.4, -0.2) is 25.2 Å². The number of thiophene rings is 1. The minimum Gasteiger partial charge on any atom is -0.366 e. The second-order valence-electron chi connectivity index (χ2n) is 4.40. The van der Waals surface area contributed by atoms with Gasteiger partial charge in [0.1, 0.15) is 0 Å². The van der Waals surface area contributed by atoms with Crippen LogP contribution in [0.25, 0.3) is 0 Å². The lowest BCUT2D eigenvalue weighted by atomic mass is 10.2. The smallest absolute Gasteiger partial charge is 0.248 e. The standard InChI is InChI=1S/C14H16N2O3S2/c1-2-16(10-12-4-3-9-20-12)21(18,19)13-7-5-11(6-8-13)14(15)17/h3-9H,2,10H2,1H3,(H2,15,17). The molecule has 0 fully saturated rings. The lowest BCUT2D eigenvalue weighted by Gasteiger charge is -2.19. The minimum atomic E-state index is -3.58. The van der Waals surface area contributed by atoms with Crippen LogP contribution in [0.5, 0.6) is 0 Å². The number of rotatable bonds is 6. The largest absolute Gasteiger partial charge is 0.366 e. The predicted octanol–water partition coefficient (Wildman–Crippen LogP) is 2.06. The molecule has 0 spiro atoms.